The molecule has 1 N–H and O–H groups in total. The lowest BCUT2D eigenvalue weighted by atomic mass is 10.0. The maximum Gasteiger partial charge on any atom is 0.322 e. The van der Waals surface area contributed by atoms with Crippen LogP contribution in [0.25, 0.3) is 22.6 Å². The number of para-hydroxylation sites is 1. The van der Waals surface area contributed by atoms with E-state index in [2.05, 4.69) is 27.6 Å². The minimum atomic E-state index is -0.335. The summed E-state index contributed by atoms with van der Waals surface area (Å²) >= 11 is 0. The maximum atomic E-state index is 12.6. The second-order valence-electron chi connectivity index (χ2n) is 7.22. The highest BCUT2D eigenvalue weighted by molar-refractivity contribution is 6.03. The van der Waals surface area contributed by atoms with Crippen molar-refractivity contribution < 1.29 is 18.4 Å². The summed E-state index contributed by atoms with van der Waals surface area (Å²) in [5.74, 6) is 0.828. The van der Waals surface area contributed by atoms with Crippen LogP contribution >= 0.6 is 0 Å². The number of nitrogens with zero attached hydrogens (tertiary/aromatic N) is 2. The van der Waals surface area contributed by atoms with Gasteiger partial charge in [0.05, 0.1) is 7.11 Å². The predicted octanol–water partition coefficient (Wildman–Crippen LogP) is 5.33. The standard InChI is InChI=1S/C25H19N3O4/c1-30-20-9-5-8-19-15-21(31-22(19)20)24-27-28-25(32-24)26-23(29)18-12-10-17(11-13-18)14-16-6-3-2-4-7-16/h2-13,15H,14H2,1H3,(H,26,28,29). The number of benzene rings is 3. The van der Waals surface area contributed by atoms with Gasteiger partial charge in [0.15, 0.2) is 17.1 Å². The molecule has 0 aliphatic carbocycles. The highest BCUT2D eigenvalue weighted by Crippen LogP contribution is 2.33. The van der Waals surface area contributed by atoms with Crippen LogP contribution in [0.3, 0.4) is 0 Å². The molecule has 0 aliphatic rings. The van der Waals surface area contributed by atoms with Gasteiger partial charge in [-0.05, 0) is 41.8 Å². The van der Waals surface area contributed by atoms with E-state index in [-0.39, 0.29) is 17.8 Å². The number of ether oxygens (including phenoxy) is 1. The van der Waals surface area contributed by atoms with Crippen LogP contribution in [0.4, 0.5) is 6.01 Å². The molecule has 7 heteroatoms. The van der Waals surface area contributed by atoms with E-state index in [1.807, 2.05) is 42.5 Å². The average Bonchev–Trinajstić information content (AvgIpc) is 3.47. The van der Waals surface area contributed by atoms with Crippen molar-refractivity contribution in [2.45, 2.75) is 6.42 Å². The van der Waals surface area contributed by atoms with Gasteiger partial charge in [0.2, 0.25) is 0 Å². The molecule has 2 heterocycles. The molecule has 0 atom stereocenters. The Labute approximate surface area is 183 Å². The fraction of sp³-hybridized carbons (Fsp3) is 0.0800. The van der Waals surface area contributed by atoms with Crippen LogP contribution in [0.2, 0.25) is 0 Å². The topological polar surface area (TPSA) is 90.4 Å². The first-order valence-corrected chi connectivity index (χ1v) is 10.0. The number of anilines is 1. The van der Waals surface area contributed by atoms with E-state index < -0.39 is 0 Å². The van der Waals surface area contributed by atoms with Gasteiger partial charge < -0.3 is 13.6 Å². The first-order chi connectivity index (χ1) is 15.7. The number of hydrogen-bond acceptors (Lipinski definition) is 6. The van der Waals surface area contributed by atoms with Gasteiger partial charge in [0.1, 0.15) is 0 Å². The second kappa shape index (κ2) is 8.39. The van der Waals surface area contributed by atoms with Gasteiger partial charge in [0.25, 0.3) is 11.8 Å². The van der Waals surface area contributed by atoms with E-state index in [4.69, 9.17) is 13.6 Å². The minimum Gasteiger partial charge on any atom is -0.493 e. The van der Waals surface area contributed by atoms with E-state index in [0.29, 0.717) is 22.7 Å². The van der Waals surface area contributed by atoms with Gasteiger partial charge in [-0.15, -0.1) is 5.10 Å². The van der Waals surface area contributed by atoms with Crippen LogP contribution in [-0.4, -0.2) is 23.2 Å². The fourth-order valence-electron chi connectivity index (χ4n) is 3.45. The molecule has 0 fully saturated rings. The molecule has 0 spiro atoms. The first-order valence-electron chi connectivity index (χ1n) is 10.0. The number of amides is 1. The lowest BCUT2D eigenvalue weighted by Gasteiger charge is -2.04. The molecule has 158 valence electrons. The first kappa shape index (κ1) is 19.6. The number of nitrogens with one attached hydrogen (secondary N) is 1. The minimum absolute atomic E-state index is 0.00853. The molecule has 0 saturated carbocycles. The Morgan fingerprint density at radius 1 is 0.906 bits per heavy atom. The highest BCUT2D eigenvalue weighted by atomic mass is 16.5. The number of methoxy groups -OCH3 is 1. The van der Waals surface area contributed by atoms with E-state index >= 15 is 0 Å². The summed E-state index contributed by atoms with van der Waals surface area (Å²) < 4.78 is 16.7. The highest BCUT2D eigenvalue weighted by Gasteiger charge is 2.17. The van der Waals surface area contributed by atoms with Crippen molar-refractivity contribution in [2.24, 2.45) is 0 Å². The average molecular weight is 425 g/mol. The van der Waals surface area contributed by atoms with E-state index in [0.717, 1.165) is 17.4 Å². The molecule has 7 nitrogen and oxygen atoms in total. The van der Waals surface area contributed by atoms with Crippen molar-refractivity contribution in [3.63, 3.8) is 0 Å². The number of hydrogen-bond donors (Lipinski definition) is 1. The monoisotopic (exact) mass is 425 g/mol. The molecule has 0 bridgehead atoms. The van der Waals surface area contributed by atoms with Gasteiger partial charge in [-0.25, -0.2) is 0 Å². The van der Waals surface area contributed by atoms with Gasteiger partial charge in [-0.2, -0.15) is 0 Å². The molecule has 5 rings (SSSR count). The summed E-state index contributed by atoms with van der Waals surface area (Å²) in [4.78, 5) is 12.6. The SMILES string of the molecule is COc1cccc2cc(-c3nnc(NC(=O)c4ccc(Cc5ccccc5)cc4)o3)oc12. The molecule has 0 unspecified atom stereocenters. The molecule has 5 aromatic rings. The Kier molecular flexibility index (Phi) is 5.13. The van der Waals surface area contributed by atoms with E-state index in [1.54, 1.807) is 31.4 Å². The number of rotatable bonds is 6. The van der Waals surface area contributed by atoms with Crippen molar-refractivity contribution in [3.05, 3.63) is 95.6 Å². The third kappa shape index (κ3) is 3.96. The molecule has 1 amide bonds. The third-order valence-corrected chi connectivity index (χ3v) is 5.05. The molecule has 0 aliphatic heterocycles. The fourth-order valence-corrected chi connectivity index (χ4v) is 3.45. The zero-order chi connectivity index (χ0) is 21.9. The Bertz CT molecular complexity index is 1370. The van der Waals surface area contributed by atoms with E-state index in [9.17, 15) is 4.79 Å². The number of furan rings is 1. The van der Waals surface area contributed by atoms with Crippen molar-refractivity contribution >= 4 is 22.9 Å². The largest absolute Gasteiger partial charge is 0.493 e. The quantitative estimate of drug-likeness (QED) is 0.395. The van der Waals surface area contributed by atoms with Crippen LogP contribution in [0.5, 0.6) is 5.75 Å². The van der Waals surface area contributed by atoms with Gasteiger partial charge >= 0.3 is 6.01 Å². The summed E-state index contributed by atoms with van der Waals surface area (Å²) in [7, 11) is 1.57. The molecule has 0 radical (unpaired) electrons. The van der Waals surface area contributed by atoms with Crippen LogP contribution in [0.15, 0.2) is 87.7 Å². The van der Waals surface area contributed by atoms with Crippen LogP contribution in [0.1, 0.15) is 21.5 Å². The van der Waals surface area contributed by atoms with E-state index in [1.165, 1.54) is 5.56 Å². The summed E-state index contributed by atoms with van der Waals surface area (Å²) in [5.41, 5.74) is 3.42. The third-order valence-electron chi connectivity index (χ3n) is 5.05. The number of aromatic nitrogens is 2. The summed E-state index contributed by atoms with van der Waals surface area (Å²) in [6.07, 6.45) is 0.804. The van der Waals surface area contributed by atoms with Crippen molar-refractivity contribution in [3.8, 4) is 17.4 Å². The Hall–Kier alpha value is -4.39. The predicted molar refractivity (Wildman–Crippen MR) is 120 cm³/mol. The van der Waals surface area contributed by atoms with Crippen molar-refractivity contribution in [1.82, 2.24) is 10.2 Å². The van der Waals surface area contributed by atoms with Crippen molar-refractivity contribution in [1.29, 1.82) is 0 Å². The Morgan fingerprint density at radius 2 is 1.69 bits per heavy atom. The summed E-state index contributed by atoms with van der Waals surface area (Å²) in [6.45, 7) is 0. The molecule has 0 saturated heterocycles. The summed E-state index contributed by atoms with van der Waals surface area (Å²) in [5, 5.41) is 11.4. The zero-order valence-electron chi connectivity index (χ0n) is 17.2. The van der Waals surface area contributed by atoms with Crippen LogP contribution < -0.4 is 10.1 Å². The smallest absolute Gasteiger partial charge is 0.322 e. The molecule has 32 heavy (non-hydrogen) atoms. The number of fused-ring (bicyclic) bond motifs is 1. The molecule has 2 aromatic heterocycles. The number of carbonyl (C=O) groups is 1. The Morgan fingerprint density at radius 3 is 2.47 bits per heavy atom. The Balaban J connectivity index is 1.29. The number of carbonyl (C=O) groups excluding carboxylic acids is 1. The van der Waals surface area contributed by atoms with Crippen LogP contribution in [-0.2, 0) is 6.42 Å². The van der Waals surface area contributed by atoms with Gasteiger partial charge in [-0.3, -0.25) is 10.1 Å². The molecular formula is C25H19N3O4. The van der Waals surface area contributed by atoms with Crippen LogP contribution in [0, 0.1) is 0 Å². The van der Waals surface area contributed by atoms with Crippen molar-refractivity contribution in [2.75, 3.05) is 12.4 Å². The maximum absolute atomic E-state index is 12.6. The lowest BCUT2D eigenvalue weighted by molar-refractivity contribution is 0.102. The second-order valence-corrected chi connectivity index (χ2v) is 7.22. The summed E-state index contributed by atoms with van der Waals surface area (Å²) in [6, 6.07) is 24.9. The molecule has 3 aromatic carbocycles. The van der Waals surface area contributed by atoms with Gasteiger partial charge in [0, 0.05) is 10.9 Å². The normalized spacial score (nSPS) is 10.9. The lowest BCUT2D eigenvalue weighted by Crippen LogP contribution is -2.12. The molecular weight excluding hydrogens is 406 g/mol. The van der Waals surface area contributed by atoms with Gasteiger partial charge in [-0.1, -0.05) is 59.7 Å². The zero-order valence-corrected chi connectivity index (χ0v) is 17.2.